The van der Waals surface area contributed by atoms with E-state index in [9.17, 15) is 9.59 Å². The maximum atomic E-state index is 13.0. The lowest BCUT2D eigenvalue weighted by Gasteiger charge is -2.41. The molecule has 1 aliphatic carbocycles. The molecule has 2 aliphatic heterocycles. The Bertz CT molecular complexity index is 750. The van der Waals surface area contributed by atoms with Crippen LogP contribution in [0.15, 0.2) is 24.3 Å². The van der Waals surface area contributed by atoms with E-state index < -0.39 is 0 Å². The summed E-state index contributed by atoms with van der Waals surface area (Å²) in [6.07, 6.45) is 8.26. The predicted molar refractivity (Wildman–Crippen MR) is 124 cm³/mol. The van der Waals surface area contributed by atoms with Crippen molar-refractivity contribution in [3.05, 3.63) is 35.4 Å². The number of benzene rings is 1. The summed E-state index contributed by atoms with van der Waals surface area (Å²) in [6, 6.07) is 7.99. The Morgan fingerprint density at radius 1 is 0.968 bits per heavy atom. The van der Waals surface area contributed by atoms with Crippen LogP contribution in [0.5, 0.6) is 0 Å². The van der Waals surface area contributed by atoms with Crippen molar-refractivity contribution in [3.63, 3.8) is 0 Å². The van der Waals surface area contributed by atoms with Gasteiger partial charge in [-0.3, -0.25) is 14.5 Å². The molecule has 0 radical (unpaired) electrons. The number of rotatable bonds is 7. The first kappa shape index (κ1) is 22.3. The molecule has 31 heavy (non-hydrogen) atoms. The lowest BCUT2D eigenvalue weighted by atomic mass is 9.95. The Morgan fingerprint density at radius 2 is 1.65 bits per heavy atom. The molecule has 0 spiro atoms. The first-order chi connectivity index (χ1) is 15.0. The third kappa shape index (κ3) is 5.68. The van der Waals surface area contributed by atoms with Crippen LogP contribution in [0.3, 0.4) is 0 Å². The van der Waals surface area contributed by atoms with E-state index in [0.29, 0.717) is 23.1 Å². The van der Waals surface area contributed by atoms with Crippen LogP contribution in [0, 0.1) is 11.8 Å². The monoisotopic (exact) mass is 425 g/mol. The third-order valence-electron chi connectivity index (χ3n) is 7.29. The van der Waals surface area contributed by atoms with Crippen molar-refractivity contribution in [2.45, 2.75) is 64.8 Å². The molecule has 1 unspecified atom stereocenters. The summed E-state index contributed by atoms with van der Waals surface area (Å²) in [5.74, 6) is 1.69. The molecule has 5 nitrogen and oxygen atoms in total. The molecular weight excluding hydrogens is 386 g/mol. The quantitative estimate of drug-likeness (QED) is 0.655. The first-order valence-corrected chi connectivity index (χ1v) is 12.5. The van der Waals surface area contributed by atoms with Crippen LogP contribution < -0.4 is 0 Å². The van der Waals surface area contributed by atoms with E-state index in [1.165, 1.54) is 38.8 Å². The number of piperidine rings is 2. The highest BCUT2D eigenvalue weighted by Gasteiger charge is 2.30. The summed E-state index contributed by atoms with van der Waals surface area (Å²) < 4.78 is 0. The van der Waals surface area contributed by atoms with E-state index in [0.717, 1.165) is 51.4 Å². The summed E-state index contributed by atoms with van der Waals surface area (Å²) in [7, 11) is 0. The highest BCUT2D eigenvalue weighted by molar-refractivity contribution is 5.97. The second-order valence-corrected chi connectivity index (χ2v) is 10.0. The van der Waals surface area contributed by atoms with Gasteiger partial charge in [-0.1, -0.05) is 13.8 Å². The fourth-order valence-corrected chi connectivity index (χ4v) is 5.27. The van der Waals surface area contributed by atoms with Crippen molar-refractivity contribution >= 4 is 11.8 Å². The molecule has 3 fully saturated rings. The van der Waals surface area contributed by atoms with Crippen molar-refractivity contribution in [2.24, 2.45) is 11.8 Å². The molecular formula is C26H39N3O2. The molecule has 1 aromatic rings. The number of amides is 2. The topological polar surface area (TPSA) is 43.9 Å². The SMILES string of the molecule is CCCN(CC1CC1)C(=O)c1ccc(C(=O)N2CCC(N3CCCC(C)C3)CC2)cc1. The number of hydrogen-bond donors (Lipinski definition) is 0. The molecule has 0 N–H and O–H groups in total. The highest BCUT2D eigenvalue weighted by Crippen LogP contribution is 2.30. The fourth-order valence-electron chi connectivity index (χ4n) is 5.27. The summed E-state index contributed by atoms with van der Waals surface area (Å²) >= 11 is 0. The smallest absolute Gasteiger partial charge is 0.253 e. The van der Waals surface area contributed by atoms with Gasteiger partial charge in [0.05, 0.1) is 0 Å². The van der Waals surface area contributed by atoms with Gasteiger partial charge < -0.3 is 9.80 Å². The molecule has 5 heteroatoms. The summed E-state index contributed by atoms with van der Waals surface area (Å²) in [4.78, 5) is 32.6. The van der Waals surface area contributed by atoms with Gasteiger partial charge in [-0.25, -0.2) is 0 Å². The maximum absolute atomic E-state index is 13.0. The normalized spacial score (nSPS) is 23.0. The van der Waals surface area contributed by atoms with Gasteiger partial charge in [0.15, 0.2) is 0 Å². The third-order valence-corrected chi connectivity index (χ3v) is 7.29. The zero-order chi connectivity index (χ0) is 21.8. The van der Waals surface area contributed by atoms with Crippen LogP contribution in [-0.4, -0.2) is 71.8 Å². The van der Waals surface area contributed by atoms with Crippen molar-refractivity contribution in [2.75, 3.05) is 39.3 Å². The Balaban J connectivity index is 1.31. The molecule has 2 saturated heterocycles. The van der Waals surface area contributed by atoms with Gasteiger partial charge in [0.1, 0.15) is 0 Å². The van der Waals surface area contributed by atoms with E-state index in [4.69, 9.17) is 0 Å². The predicted octanol–water partition coefficient (Wildman–Crippen LogP) is 4.29. The molecule has 3 aliphatic rings. The Hall–Kier alpha value is -1.88. The molecule has 1 atom stereocenters. The summed E-state index contributed by atoms with van der Waals surface area (Å²) in [5, 5.41) is 0. The van der Waals surface area contributed by atoms with Crippen LogP contribution >= 0.6 is 0 Å². The van der Waals surface area contributed by atoms with Crippen molar-refractivity contribution < 1.29 is 9.59 Å². The van der Waals surface area contributed by atoms with E-state index in [-0.39, 0.29) is 11.8 Å². The standard InChI is InChI=1S/C26H39N3O2/c1-3-14-29(19-21-6-7-21)26(31)23-10-8-22(9-11-23)25(30)27-16-12-24(13-17-27)28-15-4-5-20(2)18-28/h8-11,20-21,24H,3-7,12-19H2,1-2H3. The number of hydrogen-bond acceptors (Lipinski definition) is 3. The lowest BCUT2D eigenvalue weighted by Crippen LogP contribution is -2.49. The zero-order valence-corrected chi connectivity index (χ0v) is 19.4. The van der Waals surface area contributed by atoms with Crippen molar-refractivity contribution in [1.29, 1.82) is 0 Å². The summed E-state index contributed by atoms with van der Waals surface area (Å²) in [5.41, 5.74) is 1.40. The van der Waals surface area contributed by atoms with E-state index in [1.54, 1.807) is 0 Å². The largest absolute Gasteiger partial charge is 0.339 e. The Labute approximate surface area is 187 Å². The van der Waals surface area contributed by atoms with Gasteiger partial charge >= 0.3 is 0 Å². The van der Waals surface area contributed by atoms with Gasteiger partial charge in [0.2, 0.25) is 0 Å². The second-order valence-electron chi connectivity index (χ2n) is 10.0. The van der Waals surface area contributed by atoms with Crippen LogP contribution in [0.25, 0.3) is 0 Å². The summed E-state index contributed by atoms with van der Waals surface area (Å²) in [6.45, 7) is 10.2. The lowest BCUT2D eigenvalue weighted by molar-refractivity contribution is 0.0541. The number of likely N-dealkylation sites (tertiary alicyclic amines) is 2. The average molecular weight is 426 g/mol. The molecule has 170 valence electrons. The number of carbonyl (C=O) groups excluding carboxylic acids is 2. The minimum atomic E-state index is 0.101. The van der Waals surface area contributed by atoms with E-state index in [2.05, 4.69) is 18.7 Å². The zero-order valence-electron chi connectivity index (χ0n) is 19.4. The Morgan fingerprint density at radius 3 is 2.26 bits per heavy atom. The van der Waals surface area contributed by atoms with Crippen molar-refractivity contribution in [1.82, 2.24) is 14.7 Å². The molecule has 2 heterocycles. The Kier molecular flexibility index (Phi) is 7.31. The van der Waals surface area contributed by atoms with Crippen LogP contribution in [0.2, 0.25) is 0 Å². The fraction of sp³-hybridized carbons (Fsp3) is 0.692. The highest BCUT2D eigenvalue weighted by atomic mass is 16.2. The minimum Gasteiger partial charge on any atom is -0.339 e. The van der Waals surface area contributed by atoms with Crippen LogP contribution in [-0.2, 0) is 0 Å². The number of carbonyl (C=O) groups is 2. The van der Waals surface area contributed by atoms with Crippen molar-refractivity contribution in [3.8, 4) is 0 Å². The van der Waals surface area contributed by atoms with E-state index >= 15 is 0 Å². The van der Waals surface area contributed by atoms with E-state index in [1.807, 2.05) is 34.1 Å². The maximum Gasteiger partial charge on any atom is 0.253 e. The van der Waals surface area contributed by atoms with Crippen LogP contribution in [0.4, 0.5) is 0 Å². The molecule has 1 saturated carbocycles. The molecule has 0 bridgehead atoms. The molecule has 1 aromatic carbocycles. The van der Waals surface area contributed by atoms with Gasteiger partial charge in [-0.05, 0) is 87.6 Å². The average Bonchev–Trinajstić information content (AvgIpc) is 3.62. The second kappa shape index (κ2) is 10.2. The molecule has 0 aromatic heterocycles. The van der Waals surface area contributed by atoms with Gasteiger partial charge in [-0.15, -0.1) is 0 Å². The minimum absolute atomic E-state index is 0.101. The molecule has 2 amide bonds. The molecule has 4 rings (SSSR count). The van der Waals surface area contributed by atoms with Gasteiger partial charge in [-0.2, -0.15) is 0 Å². The van der Waals surface area contributed by atoms with Gasteiger partial charge in [0, 0.05) is 49.9 Å². The van der Waals surface area contributed by atoms with Crippen LogP contribution in [0.1, 0.15) is 79.5 Å². The number of nitrogens with zero attached hydrogens (tertiary/aromatic N) is 3. The van der Waals surface area contributed by atoms with Gasteiger partial charge in [0.25, 0.3) is 11.8 Å². The first-order valence-electron chi connectivity index (χ1n) is 12.5.